The van der Waals surface area contributed by atoms with Gasteiger partial charge in [0.15, 0.2) is 0 Å². The average Bonchev–Trinajstić information content (AvgIpc) is 2.71. The molecule has 0 aliphatic carbocycles. The summed E-state index contributed by atoms with van der Waals surface area (Å²) in [6.07, 6.45) is 3.96. The molecule has 0 aromatic heterocycles. The number of fused-ring (bicyclic) bond motifs is 2. The monoisotopic (exact) mass is 293 g/mol. The van der Waals surface area contributed by atoms with Crippen molar-refractivity contribution in [1.29, 1.82) is 0 Å². The number of carbonyl (C=O) groups is 1. The maximum absolute atomic E-state index is 12.1. The van der Waals surface area contributed by atoms with Gasteiger partial charge in [0.25, 0.3) is 0 Å². The number of halogens is 1. The number of Topliss-reactive ketones (excluding diaryl/α,β-unsaturated/α-hetero) is 1. The first-order valence-corrected chi connectivity index (χ1v) is 7.05. The van der Waals surface area contributed by atoms with Crippen molar-refractivity contribution in [3.05, 3.63) is 34.3 Å². The number of ketones is 1. The van der Waals surface area contributed by atoms with Crippen LogP contribution in [0.5, 0.6) is 0 Å². The van der Waals surface area contributed by atoms with E-state index >= 15 is 0 Å². The molecule has 3 atom stereocenters. The Labute approximate surface area is 110 Å². The SMILES string of the molecule is O=C1CC2CCC(N2)C1Cc1ccc(Br)cc1. The third kappa shape index (κ3) is 2.31. The maximum Gasteiger partial charge on any atom is 0.139 e. The van der Waals surface area contributed by atoms with Gasteiger partial charge in [-0.15, -0.1) is 0 Å². The molecule has 1 aromatic rings. The van der Waals surface area contributed by atoms with Gasteiger partial charge in [0.1, 0.15) is 5.78 Å². The van der Waals surface area contributed by atoms with Gasteiger partial charge in [-0.05, 0) is 37.0 Å². The smallest absolute Gasteiger partial charge is 0.139 e. The van der Waals surface area contributed by atoms with Crippen LogP contribution in [0.3, 0.4) is 0 Å². The molecule has 90 valence electrons. The van der Waals surface area contributed by atoms with Crippen LogP contribution in [0.4, 0.5) is 0 Å². The zero-order chi connectivity index (χ0) is 11.8. The molecule has 0 saturated carbocycles. The maximum atomic E-state index is 12.1. The highest BCUT2D eigenvalue weighted by Crippen LogP contribution is 2.31. The molecule has 2 saturated heterocycles. The van der Waals surface area contributed by atoms with E-state index in [1.54, 1.807) is 0 Å². The highest BCUT2D eigenvalue weighted by atomic mass is 79.9. The molecule has 0 amide bonds. The summed E-state index contributed by atoms with van der Waals surface area (Å²) in [6.45, 7) is 0. The van der Waals surface area contributed by atoms with Gasteiger partial charge in [0.2, 0.25) is 0 Å². The number of rotatable bonds is 2. The molecule has 1 aromatic carbocycles. The van der Waals surface area contributed by atoms with E-state index in [4.69, 9.17) is 0 Å². The Hall–Kier alpha value is -0.670. The van der Waals surface area contributed by atoms with Crippen LogP contribution in [-0.4, -0.2) is 17.9 Å². The van der Waals surface area contributed by atoms with Crippen molar-refractivity contribution in [1.82, 2.24) is 5.32 Å². The topological polar surface area (TPSA) is 29.1 Å². The lowest BCUT2D eigenvalue weighted by molar-refractivity contribution is -0.125. The van der Waals surface area contributed by atoms with E-state index in [0.717, 1.165) is 23.7 Å². The van der Waals surface area contributed by atoms with Crippen molar-refractivity contribution in [3.8, 4) is 0 Å². The molecule has 2 nitrogen and oxygen atoms in total. The van der Waals surface area contributed by atoms with E-state index in [1.165, 1.54) is 12.0 Å². The zero-order valence-electron chi connectivity index (χ0n) is 9.66. The Morgan fingerprint density at radius 3 is 2.76 bits per heavy atom. The first-order valence-electron chi connectivity index (χ1n) is 6.25. The van der Waals surface area contributed by atoms with Crippen molar-refractivity contribution in [2.24, 2.45) is 5.92 Å². The minimum Gasteiger partial charge on any atom is -0.310 e. The number of carbonyl (C=O) groups excluding carboxylic acids is 1. The molecular formula is C14H16BrNO. The van der Waals surface area contributed by atoms with Crippen LogP contribution >= 0.6 is 15.9 Å². The van der Waals surface area contributed by atoms with Crippen molar-refractivity contribution in [2.45, 2.75) is 37.8 Å². The van der Waals surface area contributed by atoms with Gasteiger partial charge in [-0.3, -0.25) is 4.79 Å². The van der Waals surface area contributed by atoms with Crippen molar-refractivity contribution in [2.75, 3.05) is 0 Å². The molecule has 2 aliphatic rings. The number of nitrogens with one attached hydrogen (secondary N) is 1. The van der Waals surface area contributed by atoms with E-state index in [1.807, 2.05) is 12.1 Å². The molecule has 0 spiro atoms. The third-order valence-electron chi connectivity index (χ3n) is 3.99. The molecule has 3 unspecified atom stereocenters. The van der Waals surface area contributed by atoms with Crippen LogP contribution in [0, 0.1) is 5.92 Å². The van der Waals surface area contributed by atoms with Crippen LogP contribution in [0.2, 0.25) is 0 Å². The van der Waals surface area contributed by atoms with Gasteiger partial charge in [-0.2, -0.15) is 0 Å². The van der Waals surface area contributed by atoms with Crippen molar-refractivity contribution >= 4 is 21.7 Å². The summed E-state index contributed by atoms with van der Waals surface area (Å²) in [7, 11) is 0. The van der Waals surface area contributed by atoms with E-state index in [-0.39, 0.29) is 5.92 Å². The van der Waals surface area contributed by atoms with Gasteiger partial charge >= 0.3 is 0 Å². The van der Waals surface area contributed by atoms with Gasteiger partial charge < -0.3 is 5.32 Å². The fourth-order valence-electron chi connectivity index (χ4n) is 3.08. The van der Waals surface area contributed by atoms with Gasteiger partial charge in [0, 0.05) is 28.9 Å². The second-order valence-electron chi connectivity index (χ2n) is 5.15. The number of benzene rings is 1. The first-order chi connectivity index (χ1) is 8.22. The zero-order valence-corrected chi connectivity index (χ0v) is 11.2. The van der Waals surface area contributed by atoms with Crippen LogP contribution < -0.4 is 5.32 Å². The summed E-state index contributed by atoms with van der Waals surface area (Å²) >= 11 is 3.44. The summed E-state index contributed by atoms with van der Waals surface area (Å²) in [5.74, 6) is 0.647. The minimum atomic E-state index is 0.190. The van der Waals surface area contributed by atoms with Crippen LogP contribution in [0.1, 0.15) is 24.8 Å². The summed E-state index contributed by atoms with van der Waals surface area (Å²) in [6, 6.07) is 9.20. The minimum absolute atomic E-state index is 0.190. The highest BCUT2D eigenvalue weighted by Gasteiger charge is 2.40. The molecule has 2 bridgehead atoms. The van der Waals surface area contributed by atoms with Crippen LogP contribution in [0.15, 0.2) is 28.7 Å². The Morgan fingerprint density at radius 2 is 2.00 bits per heavy atom. The number of hydrogen-bond acceptors (Lipinski definition) is 2. The largest absolute Gasteiger partial charge is 0.310 e. The molecular weight excluding hydrogens is 278 g/mol. The lowest BCUT2D eigenvalue weighted by atomic mass is 9.85. The first kappa shape index (κ1) is 11.4. The van der Waals surface area contributed by atoms with Crippen LogP contribution in [-0.2, 0) is 11.2 Å². The number of piperidine rings is 1. The summed E-state index contributed by atoms with van der Waals surface area (Å²) in [4.78, 5) is 12.1. The molecule has 2 heterocycles. The molecule has 2 fully saturated rings. The van der Waals surface area contributed by atoms with Gasteiger partial charge in [-0.1, -0.05) is 28.1 Å². The summed E-state index contributed by atoms with van der Waals surface area (Å²) in [5, 5.41) is 3.57. The van der Waals surface area contributed by atoms with E-state index in [2.05, 4.69) is 33.4 Å². The lowest BCUT2D eigenvalue weighted by Crippen LogP contribution is -2.46. The number of hydrogen-bond donors (Lipinski definition) is 1. The van der Waals surface area contributed by atoms with Gasteiger partial charge in [-0.25, -0.2) is 0 Å². The fourth-order valence-corrected chi connectivity index (χ4v) is 3.34. The molecule has 3 heteroatoms. The van der Waals surface area contributed by atoms with E-state index < -0.39 is 0 Å². The standard InChI is InChI=1S/C14H16BrNO/c15-10-3-1-9(2-4-10)7-12-13-6-5-11(16-13)8-14(12)17/h1-4,11-13,16H,5-8H2. The molecule has 17 heavy (non-hydrogen) atoms. The second-order valence-corrected chi connectivity index (χ2v) is 6.07. The Bertz CT molecular complexity index is 428. The Morgan fingerprint density at radius 1 is 1.24 bits per heavy atom. The second kappa shape index (κ2) is 4.54. The van der Waals surface area contributed by atoms with E-state index in [0.29, 0.717) is 17.9 Å². The third-order valence-corrected chi connectivity index (χ3v) is 4.52. The van der Waals surface area contributed by atoms with Crippen molar-refractivity contribution < 1.29 is 4.79 Å². The predicted molar refractivity (Wildman–Crippen MR) is 70.9 cm³/mol. The molecule has 0 radical (unpaired) electrons. The highest BCUT2D eigenvalue weighted by molar-refractivity contribution is 9.10. The normalized spacial score (nSPS) is 31.8. The van der Waals surface area contributed by atoms with Crippen molar-refractivity contribution in [3.63, 3.8) is 0 Å². The quantitative estimate of drug-likeness (QED) is 0.908. The van der Waals surface area contributed by atoms with E-state index in [9.17, 15) is 4.79 Å². The summed E-state index contributed by atoms with van der Waals surface area (Å²) < 4.78 is 1.09. The average molecular weight is 294 g/mol. The fraction of sp³-hybridized carbons (Fsp3) is 0.500. The molecule has 2 aliphatic heterocycles. The predicted octanol–water partition coefficient (Wildman–Crippen LogP) is 2.70. The Balaban J connectivity index is 1.75. The lowest BCUT2D eigenvalue weighted by Gasteiger charge is -2.29. The molecule has 3 rings (SSSR count). The van der Waals surface area contributed by atoms with Gasteiger partial charge in [0.05, 0.1) is 0 Å². The molecule has 1 N–H and O–H groups in total. The Kier molecular flexibility index (Phi) is 3.05. The summed E-state index contributed by atoms with van der Waals surface area (Å²) in [5.41, 5.74) is 1.26. The van der Waals surface area contributed by atoms with Crippen LogP contribution in [0.25, 0.3) is 0 Å².